The van der Waals surface area contributed by atoms with Crippen molar-refractivity contribution in [2.75, 3.05) is 18.8 Å². The minimum atomic E-state index is -1.02. The Morgan fingerprint density at radius 3 is 2.71 bits per heavy atom. The molecule has 0 bridgehead atoms. The maximum absolute atomic E-state index is 13.6. The Bertz CT molecular complexity index is 1490. The third kappa shape index (κ3) is 3.94. The number of likely N-dealkylation sites (tertiary alicyclic amines) is 1. The number of rotatable bonds is 3. The minimum Gasteiger partial charge on any atom is -0.465 e. The predicted molar refractivity (Wildman–Crippen MR) is 124 cm³/mol. The van der Waals surface area contributed by atoms with Crippen LogP contribution in [0.25, 0.3) is 22.1 Å². The number of carboxylic acid groups (broad SMARTS) is 1. The molecule has 0 saturated carbocycles. The summed E-state index contributed by atoms with van der Waals surface area (Å²) in [6.45, 7) is 6.41. The molecule has 1 aliphatic heterocycles. The average Bonchev–Trinajstić information content (AvgIpc) is 3.40. The molecule has 0 radical (unpaired) electrons. The van der Waals surface area contributed by atoms with Crippen molar-refractivity contribution in [3.63, 3.8) is 0 Å². The van der Waals surface area contributed by atoms with E-state index in [1.54, 1.807) is 4.68 Å². The highest BCUT2D eigenvalue weighted by atomic mass is 19.1. The number of nitrogens with two attached hydrogens (primary N) is 1. The molecular weight excluding hydrogens is 457 g/mol. The average molecular weight is 481 g/mol. The zero-order valence-corrected chi connectivity index (χ0v) is 19.4. The van der Waals surface area contributed by atoms with Crippen molar-refractivity contribution < 1.29 is 23.5 Å². The largest absolute Gasteiger partial charge is 0.465 e. The highest BCUT2D eigenvalue weighted by molar-refractivity contribution is 6.15. The fourth-order valence-electron chi connectivity index (χ4n) is 4.24. The number of nitrogens with zero attached hydrogens (tertiary/aromatic N) is 6. The fraction of sp³-hybridized carbons (Fsp3) is 0.391. The van der Waals surface area contributed by atoms with Gasteiger partial charge in [-0.05, 0) is 25.0 Å². The Hall–Kier alpha value is -4.09. The Morgan fingerprint density at radius 2 is 2.00 bits per heavy atom. The number of hydrogen-bond acceptors (Lipinski definition) is 8. The second-order valence-electron chi connectivity index (χ2n) is 9.66. The minimum absolute atomic E-state index is 0.0579. The van der Waals surface area contributed by atoms with E-state index in [1.807, 2.05) is 20.8 Å². The molecule has 1 saturated heterocycles. The lowest BCUT2D eigenvalue weighted by Crippen LogP contribution is -2.40. The van der Waals surface area contributed by atoms with Crippen LogP contribution in [0.4, 0.5) is 15.0 Å². The van der Waals surface area contributed by atoms with Crippen LogP contribution in [0.15, 0.2) is 22.6 Å². The summed E-state index contributed by atoms with van der Waals surface area (Å²) >= 11 is 0. The van der Waals surface area contributed by atoms with Crippen molar-refractivity contribution in [2.45, 2.75) is 45.1 Å². The van der Waals surface area contributed by atoms with E-state index in [1.165, 1.54) is 23.1 Å². The first-order valence-corrected chi connectivity index (χ1v) is 11.2. The molecule has 4 heterocycles. The Morgan fingerprint density at radius 1 is 1.23 bits per heavy atom. The van der Waals surface area contributed by atoms with Gasteiger partial charge in [-0.25, -0.2) is 28.8 Å². The predicted octanol–water partition coefficient (Wildman–Crippen LogP) is 3.53. The number of nitrogen functional groups attached to an aromatic ring is 1. The van der Waals surface area contributed by atoms with Gasteiger partial charge in [-0.15, -0.1) is 0 Å². The van der Waals surface area contributed by atoms with E-state index in [0.29, 0.717) is 30.9 Å². The van der Waals surface area contributed by atoms with Gasteiger partial charge in [0.15, 0.2) is 16.9 Å². The first-order chi connectivity index (χ1) is 16.5. The first-order valence-electron chi connectivity index (χ1n) is 11.2. The van der Waals surface area contributed by atoms with Crippen LogP contribution in [0.5, 0.6) is 0 Å². The van der Waals surface area contributed by atoms with Gasteiger partial charge in [0.05, 0.1) is 11.4 Å². The van der Waals surface area contributed by atoms with Crippen molar-refractivity contribution in [3.05, 3.63) is 41.4 Å². The molecule has 1 atom stereocenters. The third-order valence-electron chi connectivity index (χ3n) is 6.02. The number of halogens is 1. The van der Waals surface area contributed by atoms with E-state index in [4.69, 9.17) is 15.1 Å². The van der Waals surface area contributed by atoms with Gasteiger partial charge >= 0.3 is 6.09 Å². The number of oxazole rings is 1. The molecule has 3 aromatic heterocycles. The molecule has 182 valence electrons. The number of hydrogen-bond donors (Lipinski definition) is 2. The second-order valence-corrected chi connectivity index (χ2v) is 9.66. The quantitative estimate of drug-likeness (QED) is 0.418. The highest BCUT2D eigenvalue weighted by Crippen LogP contribution is 2.32. The lowest BCUT2D eigenvalue weighted by Gasteiger charge is -2.31. The van der Waals surface area contributed by atoms with Gasteiger partial charge in [0.2, 0.25) is 0 Å². The van der Waals surface area contributed by atoms with Gasteiger partial charge in [-0.2, -0.15) is 5.10 Å². The number of amides is 1. The van der Waals surface area contributed by atoms with Crippen LogP contribution in [-0.4, -0.2) is 59.7 Å². The Labute approximate surface area is 198 Å². The van der Waals surface area contributed by atoms with Crippen LogP contribution < -0.4 is 5.73 Å². The molecular formula is C23H24FN7O4. The number of fused-ring (bicyclic) bond motifs is 2. The normalized spacial score (nSPS) is 16.8. The Kier molecular flexibility index (Phi) is 5.18. The van der Waals surface area contributed by atoms with E-state index in [0.717, 1.165) is 0 Å². The molecule has 1 fully saturated rings. The van der Waals surface area contributed by atoms with Crippen molar-refractivity contribution in [2.24, 2.45) is 0 Å². The third-order valence-corrected chi connectivity index (χ3v) is 6.02. The number of anilines is 1. The number of carbonyl (C=O) groups excluding carboxylic acids is 1. The van der Waals surface area contributed by atoms with E-state index in [9.17, 15) is 19.1 Å². The van der Waals surface area contributed by atoms with Crippen LogP contribution in [-0.2, 0) is 5.41 Å². The summed E-state index contributed by atoms with van der Waals surface area (Å²) in [6.07, 6.45) is 0.251. The molecule has 0 spiro atoms. The summed E-state index contributed by atoms with van der Waals surface area (Å²) in [5, 5.41) is 14.3. The zero-order valence-electron chi connectivity index (χ0n) is 19.4. The monoisotopic (exact) mass is 481 g/mol. The van der Waals surface area contributed by atoms with Crippen molar-refractivity contribution >= 4 is 39.8 Å². The van der Waals surface area contributed by atoms with Gasteiger partial charge in [-0.1, -0.05) is 20.8 Å². The topological polar surface area (TPSA) is 153 Å². The fourth-order valence-corrected chi connectivity index (χ4v) is 4.24. The smallest absolute Gasteiger partial charge is 0.407 e. The molecule has 0 unspecified atom stereocenters. The number of aromatic nitrogens is 5. The molecule has 12 heteroatoms. The van der Waals surface area contributed by atoms with Gasteiger partial charge in [-0.3, -0.25) is 4.79 Å². The maximum atomic E-state index is 13.6. The summed E-state index contributed by atoms with van der Waals surface area (Å²) in [5.41, 5.74) is 6.61. The van der Waals surface area contributed by atoms with E-state index < -0.39 is 23.1 Å². The van der Waals surface area contributed by atoms with Crippen LogP contribution in [0.1, 0.15) is 61.9 Å². The van der Waals surface area contributed by atoms with E-state index in [2.05, 4.69) is 15.1 Å². The lowest BCUT2D eigenvalue weighted by atomic mass is 9.95. The molecule has 11 nitrogen and oxygen atoms in total. The summed E-state index contributed by atoms with van der Waals surface area (Å²) in [4.78, 5) is 39.6. The molecule has 3 N–H and O–H groups in total. The van der Waals surface area contributed by atoms with Crippen LogP contribution in [0.3, 0.4) is 0 Å². The van der Waals surface area contributed by atoms with Crippen LogP contribution in [0.2, 0.25) is 0 Å². The summed E-state index contributed by atoms with van der Waals surface area (Å²) in [6, 6.07) is 3.41. The summed E-state index contributed by atoms with van der Waals surface area (Å²) in [7, 11) is 0. The first kappa shape index (κ1) is 22.7. The summed E-state index contributed by atoms with van der Waals surface area (Å²) < 4.78 is 20.7. The van der Waals surface area contributed by atoms with E-state index >= 15 is 0 Å². The molecule has 1 amide bonds. The number of benzene rings is 1. The molecule has 35 heavy (non-hydrogen) atoms. The standard InChI is InChI=1S/C23H24FN7O4/c1-23(2,3)21-27-18(25)15-16(17(32)20-26-13-9-11(24)6-7-14(13)35-20)29-31(19(15)28-21)12-5-4-8-30(10-12)22(33)34/h6-7,9,12H,4-5,8,10H2,1-3H3,(H,33,34)(H2,25,27,28)/t12-/m1/s1. The molecule has 1 aliphatic rings. The van der Waals surface area contributed by atoms with Gasteiger partial charge in [0, 0.05) is 24.6 Å². The zero-order chi connectivity index (χ0) is 25.1. The van der Waals surface area contributed by atoms with Crippen molar-refractivity contribution in [1.29, 1.82) is 0 Å². The van der Waals surface area contributed by atoms with Crippen molar-refractivity contribution in [3.8, 4) is 0 Å². The lowest BCUT2D eigenvalue weighted by molar-refractivity contribution is 0.0996. The maximum Gasteiger partial charge on any atom is 0.407 e. The molecule has 4 aromatic rings. The van der Waals surface area contributed by atoms with E-state index in [-0.39, 0.29) is 46.5 Å². The van der Waals surface area contributed by atoms with Crippen molar-refractivity contribution in [1.82, 2.24) is 29.6 Å². The SMILES string of the molecule is CC(C)(C)c1nc(N)c2c(C(=O)c3nc4cc(F)ccc4o3)nn([C@@H]3CCCN(C(=O)O)C3)c2n1. The van der Waals surface area contributed by atoms with Gasteiger partial charge in [0.1, 0.15) is 23.0 Å². The number of ketones is 1. The molecule has 0 aliphatic carbocycles. The number of piperidine rings is 1. The van der Waals surface area contributed by atoms with Gasteiger partial charge < -0.3 is 20.2 Å². The Balaban J connectivity index is 1.68. The number of carbonyl (C=O) groups is 2. The second kappa shape index (κ2) is 8.00. The molecule has 5 rings (SSSR count). The molecule has 1 aromatic carbocycles. The van der Waals surface area contributed by atoms with Crippen LogP contribution >= 0.6 is 0 Å². The van der Waals surface area contributed by atoms with Gasteiger partial charge in [0.25, 0.3) is 11.7 Å². The highest BCUT2D eigenvalue weighted by Gasteiger charge is 2.33. The van der Waals surface area contributed by atoms with Crippen LogP contribution in [0, 0.1) is 5.82 Å². The summed E-state index contributed by atoms with van der Waals surface area (Å²) in [5.74, 6) is -0.900.